The van der Waals surface area contributed by atoms with Gasteiger partial charge in [0.2, 0.25) is 23.5 Å². The van der Waals surface area contributed by atoms with Gasteiger partial charge in [-0.3, -0.25) is 33.6 Å². The average Bonchev–Trinajstić information content (AvgIpc) is 1.57. The number of benzene rings is 4. The highest BCUT2D eigenvalue weighted by atomic mass is 35.5. The van der Waals surface area contributed by atoms with E-state index in [4.69, 9.17) is 85.5 Å². The number of carbonyl (C=O) groups is 7. The Kier molecular flexibility index (Phi) is 31.4. The van der Waals surface area contributed by atoms with Crippen LogP contribution in [0.25, 0.3) is 45.0 Å². The molecule has 2 saturated carbocycles. The van der Waals surface area contributed by atoms with E-state index in [-0.39, 0.29) is 120 Å². The normalized spacial score (nSPS) is 20.5. The number of ether oxygens (including phenoxy) is 5. The van der Waals surface area contributed by atoms with E-state index in [1.165, 1.54) is 69.7 Å². The Bertz CT molecular complexity index is 6260. The second kappa shape index (κ2) is 45.2. The first-order chi connectivity index (χ1) is 68.8. The number of fused-ring (bicyclic) bond motifs is 4. The van der Waals surface area contributed by atoms with Crippen LogP contribution in [0.5, 0.6) is 28.7 Å². The maximum atomic E-state index is 14.6. The summed E-state index contributed by atoms with van der Waals surface area (Å²) in [4.78, 5) is 94.6. The van der Waals surface area contributed by atoms with Gasteiger partial charge in [-0.15, -0.1) is 0 Å². The molecule has 4 aromatic heterocycles. The lowest BCUT2D eigenvalue weighted by atomic mass is 9.86. The second-order valence-electron chi connectivity index (χ2n) is 38.1. The minimum absolute atomic E-state index is 0. The number of methoxy groups -OCH3 is 5. The summed E-state index contributed by atoms with van der Waals surface area (Å²) in [5, 5.41) is 32.9. The zero-order valence-corrected chi connectivity index (χ0v) is 81.6. The van der Waals surface area contributed by atoms with Gasteiger partial charge < -0.3 is 87.5 Å². The molecule has 141 heavy (non-hydrogen) atoms. The molecule has 32 nitrogen and oxygen atoms in total. The fourth-order valence-electron chi connectivity index (χ4n) is 22.0. The van der Waals surface area contributed by atoms with Crippen molar-refractivity contribution in [2.45, 2.75) is 201 Å². The molecule has 7 amide bonds. The van der Waals surface area contributed by atoms with Gasteiger partial charge in [0.05, 0.1) is 71.5 Å². The average molecular weight is 1970 g/mol. The summed E-state index contributed by atoms with van der Waals surface area (Å²) < 4.78 is 102. The van der Waals surface area contributed by atoms with Crippen LogP contribution in [0.2, 0.25) is 5.02 Å². The number of primary amides is 4. The van der Waals surface area contributed by atoms with Crippen molar-refractivity contribution < 1.29 is 72.9 Å². The number of likely N-dealkylation sites (tertiary alicyclic amines) is 4. The largest absolute Gasteiger partial charge is 0.496 e. The number of halogens is 3. The number of nitrogens with zero attached hydrogens (tertiary/aromatic N) is 12. The van der Waals surface area contributed by atoms with E-state index in [9.17, 15) is 42.3 Å². The van der Waals surface area contributed by atoms with Crippen LogP contribution < -0.4 is 67.9 Å². The van der Waals surface area contributed by atoms with Crippen molar-refractivity contribution in [3.8, 4) is 73.8 Å². The first-order valence-corrected chi connectivity index (χ1v) is 48.7. The van der Waals surface area contributed by atoms with Gasteiger partial charge in [0.1, 0.15) is 91.4 Å². The Morgan fingerprint density at radius 2 is 0.794 bits per heavy atom. The summed E-state index contributed by atoms with van der Waals surface area (Å²) in [6.45, 7) is 33.5. The van der Waals surface area contributed by atoms with Crippen molar-refractivity contribution in [1.82, 2.24) is 58.7 Å². The number of allylic oxidation sites excluding steroid dienone is 2. The molecule has 4 saturated heterocycles. The summed E-state index contributed by atoms with van der Waals surface area (Å²) in [6.07, 6.45) is 20.0. The van der Waals surface area contributed by atoms with Crippen LogP contribution in [-0.2, 0) is 27.2 Å². The molecule has 5 unspecified atom stereocenters. The number of nitrogens with two attached hydrogens (primary N) is 4. The Morgan fingerprint density at radius 3 is 1.10 bits per heavy atom. The number of nitrogens with one attached hydrogen (secondary N) is 4. The molecule has 6 fully saturated rings. The van der Waals surface area contributed by atoms with E-state index in [1.54, 1.807) is 39.8 Å². The van der Waals surface area contributed by atoms with Crippen LogP contribution >= 0.6 is 11.6 Å². The van der Waals surface area contributed by atoms with Crippen molar-refractivity contribution in [3.05, 3.63) is 172 Å². The second-order valence-corrected chi connectivity index (χ2v) is 38.5. The number of rotatable bonds is 27. The molecule has 758 valence electrons. The lowest BCUT2D eigenvalue weighted by molar-refractivity contribution is -0.128. The molecule has 10 aliphatic rings. The van der Waals surface area contributed by atoms with E-state index < -0.39 is 48.2 Å². The number of piperidine rings is 4. The third-order valence-electron chi connectivity index (χ3n) is 29.6. The number of anilines is 4. The van der Waals surface area contributed by atoms with Gasteiger partial charge in [0, 0.05) is 118 Å². The van der Waals surface area contributed by atoms with E-state index in [0.29, 0.717) is 180 Å². The quantitative estimate of drug-likeness (QED) is 0.0175. The Labute approximate surface area is 837 Å². The van der Waals surface area contributed by atoms with Gasteiger partial charge in [0.25, 0.3) is 23.6 Å². The van der Waals surface area contributed by atoms with Gasteiger partial charge >= 0.3 is 0 Å². The van der Waals surface area contributed by atoms with Gasteiger partial charge in [-0.05, 0) is 241 Å². The van der Waals surface area contributed by atoms with Crippen LogP contribution in [0, 0.1) is 40.7 Å². The number of hydrogen-bond donors (Lipinski definition) is 8. The Morgan fingerprint density at radius 1 is 0.475 bits per heavy atom. The highest BCUT2D eigenvalue weighted by Crippen LogP contribution is 2.62. The van der Waals surface area contributed by atoms with E-state index >= 15 is 0 Å². The van der Waals surface area contributed by atoms with Crippen molar-refractivity contribution in [3.63, 3.8) is 0 Å². The molecule has 18 rings (SSSR count). The number of aryl methyl sites for hydroxylation is 2. The van der Waals surface area contributed by atoms with Crippen LogP contribution in [0.1, 0.15) is 259 Å². The molecule has 12 N–H and O–H groups in total. The third kappa shape index (κ3) is 21.6. The summed E-state index contributed by atoms with van der Waals surface area (Å²) in [6, 6.07) is 13.6. The van der Waals surface area contributed by atoms with Crippen molar-refractivity contribution in [2.24, 2.45) is 52.0 Å². The number of carbonyl (C=O) groups excluding carboxylic acids is 7. The van der Waals surface area contributed by atoms with Crippen LogP contribution in [0.4, 0.5) is 32.1 Å². The Hall–Kier alpha value is -13.1. The Balaban J connectivity index is 0.000000163. The molecular weight excluding hydrogens is 1820 g/mol. The lowest BCUT2D eigenvalue weighted by Crippen LogP contribution is -2.41. The van der Waals surface area contributed by atoms with E-state index in [1.807, 2.05) is 38.0 Å². The highest BCUT2D eigenvalue weighted by Gasteiger charge is 2.50. The predicted octanol–water partition coefficient (Wildman–Crippen LogP) is 17.3. The fourth-order valence-corrected chi connectivity index (χ4v) is 22.2. The summed E-state index contributed by atoms with van der Waals surface area (Å²) >= 11 is 6.18. The summed E-state index contributed by atoms with van der Waals surface area (Å²) in [5.41, 5.74) is 33.7. The first kappa shape index (κ1) is 98.1. The monoisotopic (exact) mass is 1960 g/mol. The smallest absolute Gasteiger partial charge is 0.254 e. The summed E-state index contributed by atoms with van der Waals surface area (Å²) in [7, 11) is 3.26. The molecular formula is C106H141ClF2N20O12. The molecule has 8 aromatic rings. The predicted molar refractivity (Wildman–Crippen MR) is 548 cm³/mol. The zero-order chi connectivity index (χ0) is 104. The zero-order valence-electron chi connectivity index (χ0n) is 85.9. The number of aromatic nitrogens is 8. The van der Waals surface area contributed by atoms with E-state index in [0.717, 1.165) is 140 Å². The number of amides is 7. The molecule has 12 heterocycles. The maximum absolute atomic E-state index is 14.6. The molecule has 8 aliphatic heterocycles. The van der Waals surface area contributed by atoms with Crippen LogP contribution in [0.3, 0.4) is 0 Å². The maximum Gasteiger partial charge on any atom is 0.254 e. The molecule has 4 aromatic carbocycles. The third-order valence-corrected chi connectivity index (χ3v) is 30.0. The fraction of sp³-hybridized carbons (Fsp3) is 0.500. The van der Waals surface area contributed by atoms with Crippen molar-refractivity contribution in [2.75, 3.05) is 135 Å². The summed E-state index contributed by atoms with van der Waals surface area (Å²) in [5.74, 6) is 1.66. The topological polar surface area (TPSA) is 402 Å². The molecule has 0 spiro atoms. The van der Waals surface area contributed by atoms with Crippen LogP contribution in [-0.4, -0.2) is 214 Å². The minimum atomic E-state index is -2.67. The number of hydrogen-bond acceptors (Lipinski definition) is 21. The lowest BCUT2D eigenvalue weighted by Gasteiger charge is -2.39. The van der Waals surface area contributed by atoms with Crippen molar-refractivity contribution >= 4 is 76.2 Å². The molecule has 0 radical (unpaired) electrons. The van der Waals surface area contributed by atoms with E-state index in [2.05, 4.69) is 79.3 Å². The SMILES string of the molecule is C.C.C=CC(=C)N1CCC(C2CCNc3c(C(N)=O)c(-c4cc(F)c(Cl)c(CCC)c4)nn32)CC1.C=CC(=O)N1CCC(C2CCNc3c(C(N)=O)c(-c4cc(CC)c(C5CC5(C)C)c(OC)c4)nn32)CC1.C=CC(=O)N1CCC(C2CCNc3c(C(N)=O)c(-c4cc(OC)c(F)c(OC)c4)nn32)CC1.[2H]/C(C)=C(/[2H])C(=O)N1CCC(C2CCNc3c(C(N)=O)c(-c4cc(OC)c(C5CC5)c(OC([2H])([2H])[2H])c4)nn32)CC1. The van der Waals surface area contributed by atoms with Gasteiger partial charge in [-0.1, -0.05) is 92.9 Å². The molecule has 2 aliphatic carbocycles. The minimum Gasteiger partial charge on any atom is -0.496 e. The first-order valence-electron chi connectivity index (χ1n) is 50.8. The van der Waals surface area contributed by atoms with Gasteiger partial charge in [0.15, 0.2) is 11.5 Å². The van der Waals surface area contributed by atoms with Crippen LogP contribution in [0.15, 0.2) is 111 Å². The standard InChI is InChI=1S/C29H39N5O3.C27H35N5O4.C25H31ClFN5O.C23H28FN5O4.2CH4/c1-6-17-14-19(15-22(37-5)24(17)20-16-29(20,3)4)26-25(27(30)36)28-31-11-8-21(34(28)32-26)18-9-12-33(13-10-18)23(35)7-2;1-4-5-22(33)31-12-9-16(10-13-31)19-8-11-29-27-24(26(28)34)25(30-32(19)27)18-14-20(35-2)23(17-6-7-17)21(15-18)36-3;1-4-6-17-13-18(14-19(27)22(17)26)23-21(24(28)33)25-29-10-7-20(32(25)30-23)16-8-11-31(12-9-16)15(3)5-2;1-4-18(30)28-9-6-13(7-10-28)15-5-8-26-23-19(22(25)31)21(27-29(15)23)14-11-16(32-2)20(24)17(12-14)33-3;;/h7,14-15,18,20-21,31H,2,6,8-13,16H2,1,3-5H3,(H2,30,36);4-5,14-17,19,29H,6-13H2,1-3H3,(H2,28,34);5,13-14,16,20,29H,2-4,6-12H2,1H3,(H2,28,33);4,11-13,15,26H,1,5-10H2,2-3H3,(H2,25,31);2*1H4/b;5-4+;;;;/i;2D3,4D,5D;;;;. The molecule has 0 bridgehead atoms. The van der Waals surface area contributed by atoms with Crippen molar-refractivity contribution in [1.29, 1.82) is 0 Å². The molecule has 35 heteroatoms. The highest BCUT2D eigenvalue weighted by molar-refractivity contribution is 6.31. The van der Waals surface area contributed by atoms with Gasteiger partial charge in [-0.2, -0.15) is 24.8 Å². The molecule has 5 atom stereocenters. The van der Waals surface area contributed by atoms with Gasteiger partial charge in [-0.25, -0.2) is 23.1 Å².